The number of H-pyrrole nitrogens is 1. The van der Waals surface area contributed by atoms with Crippen LogP contribution in [0.4, 0.5) is 5.69 Å². The van der Waals surface area contributed by atoms with Gasteiger partial charge in [0.25, 0.3) is 5.91 Å². The smallest absolute Gasteiger partial charge is 0.361 e. The molecule has 3 rings (SSSR count). The number of rotatable bonds is 9. The highest BCUT2D eigenvalue weighted by molar-refractivity contribution is 5.94. The fourth-order valence-electron chi connectivity index (χ4n) is 2.79. The van der Waals surface area contributed by atoms with Gasteiger partial charge in [-0.2, -0.15) is 10.3 Å². The summed E-state index contributed by atoms with van der Waals surface area (Å²) in [4.78, 5) is 24.3. The molecule has 0 saturated carbocycles. The van der Waals surface area contributed by atoms with E-state index in [1.165, 1.54) is 0 Å². The van der Waals surface area contributed by atoms with Gasteiger partial charge in [-0.3, -0.25) is 4.79 Å². The molecule has 0 spiro atoms. The molecule has 2 N–H and O–H groups in total. The molecule has 0 fully saturated rings. The summed E-state index contributed by atoms with van der Waals surface area (Å²) in [5, 5.41) is 13.1. The lowest BCUT2D eigenvalue weighted by molar-refractivity contribution is -0.118. The van der Waals surface area contributed by atoms with E-state index in [1.54, 1.807) is 25.1 Å². The Morgan fingerprint density at radius 2 is 1.74 bits per heavy atom. The molecule has 9 heteroatoms. The molecule has 162 valence electrons. The molecule has 3 aromatic rings. The molecule has 0 aliphatic heterocycles. The van der Waals surface area contributed by atoms with E-state index in [-0.39, 0.29) is 24.8 Å². The van der Waals surface area contributed by atoms with Crippen LogP contribution in [0, 0.1) is 6.92 Å². The molecule has 0 aliphatic rings. The number of carbonyl (C=O) groups excluding carboxylic acids is 2. The third-order valence-electron chi connectivity index (χ3n) is 4.23. The van der Waals surface area contributed by atoms with Gasteiger partial charge >= 0.3 is 5.97 Å². The fourth-order valence-corrected chi connectivity index (χ4v) is 2.79. The van der Waals surface area contributed by atoms with Gasteiger partial charge in [0, 0.05) is 11.3 Å². The van der Waals surface area contributed by atoms with E-state index in [0.29, 0.717) is 35.1 Å². The summed E-state index contributed by atoms with van der Waals surface area (Å²) in [6.07, 6.45) is 0. The topological polar surface area (TPSA) is 115 Å². The Hall–Kier alpha value is -3.88. The number of nitrogens with zero attached hydrogens (tertiary/aromatic N) is 2. The molecule has 0 bridgehead atoms. The Morgan fingerprint density at radius 1 is 0.968 bits per heavy atom. The van der Waals surface area contributed by atoms with Gasteiger partial charge in [0.05, 0.1) is 13.2 Å². The predicted molar refractivity (Wildman–Crippen MR) is 114 cm³/mol. The molecule has 1 aromatic heterocycles. The average Bonchev–Trinajstić information content (AvgIpc) is 3.25. The summed E-state index contributed by atoms with van der Waals surface area (Å²) < 4.78 is 16.3. The van der Waals surface area contributed by atoms with Crippen LogP contribution in [0.2, 0.25) is 0 Å². The highest BCUT2D eigenvalue weighted by atomic mass is 16.5. The lowest BCUT2D eigenvalue weighted by Crippen LogP contribution is -2.20. The molecule has 2 aromatic carbocycles. The second kappa shape index (κ2) is 10.2. The van der Waals surface area contributed by atoms with Gasteiger partial charge in [-0.1, -0.05) is 17.7 Å². The summed E-state index contributed by atoms with van der Waals surface area (Å²) in [6.45, 7) is 5.95. The minimum Gasteiger partial charge on any atom is -0.490 e. The predicted octanol–water partition coefficient (Wildman–Crippen LogP) is 3.37. The zero-order valence-electron chi connectivity index (χ0n) is 17.6. The maximum Gasteiger partial charge on any atom is 0.361 e. The van der Waals surface area contributed by atoms with Gasteiger partial charge in [0.2, 0.25) is 0 Å². The number of ether oxygens (including phenoxy) is 3. The first-order chi connectivity index (χ1) is 15.0. The number of esters is 1. The first-order valence-electron chi connectivity index (χ1n) is 9.86. The van der Waals surface area contributed by atoms with E-state index in [4.69, 9.17) is 14.2 Å². The summed E-state index contributed by atoms with van der Waals surface area (Å²) in [6, 6.07) is 12.5. The van der Waals surface area contributed by atoms with E-state index in [2.05, 4.69) is 20.7 Å². The van der Waals surface area contributed by atoms with Crippen LogP contribution in [0.15, 0.2) is 42.5 Å². The SMILES string of the molecule is CCOC(=O)c1n[nH]nc1-c1ccc(OCC(=O)Nc2ccc(C)cc2)c(OCC)c1. The van der Waals surface area contributed by atoms with E-state index < -0.39 is 5.97 Å². The van der Waals surface area contributed by atoms with Crippen LogP contribution in [0.1, 0.15) is 29.9 Å². The number of amides is 1. The quantitative estimate of drug-likeness (QED) is 0.506. The number of aryl methyl sites for hydroxylation is 1. The van der Waals surface area contributed by atoms with Crippen LogP contribution in [0.3, 0.4) is 0 Å². The van der Waals surface area contributed by atoms with Gasteiger partial charge in [-0.05, 0) is 51.1 Å². The second-order valence-corrected chi connectivity index (χ2v) is 6.54. The average molecular weight is 424 g/mol. The monoisotopic (exact) mass is 424 g/mol. The molecule has 0 unspecified atom stereocenters. The highest BCUT2D eigenvalue weighted by Gasteiger charge is 2.20. The van der Waals surface area contributed by atoms with Gasteiger partial charge in [0.15, 0.2) is 23.8 Å². The molecule has 1 amide bonds. The van der Waals surface area contributed by atoms with Crippen LogP contribution in [-0.4, -0.2) is 47.1 Å². The normalized spacial score (nSPS) is 10.4. The molecule has 1 heterocycles. The second-order valence-electron chi connectivity index (χ2n) is 6.54. The summed E-state index contributed by atoms with van der Waals surface area (Å²) in [5.41, 5.74) is 2.81. The maximum atomic E-state index is 12.2. The van der Waals surface area contributed by atoms with Crippen molar-refractivity contribution in [2.45, 2.75) is 20.8 Å². The third-order valence-corrected chi connectivity index (χ3v) is 4.23. The molecular formula is C22H24N4O5. The minimum atomic E-state index is -0.572. The van der Waals surface area contributed by atoms with Gasteiger partial charge < -0.3 is 19.5 Å². The Balaban J connectivity index is 1.73. The van der Waals surface area contributed by atoms with E-state index in [0.717, 1.165) is 5.56 Å². The van der Waals surface area contributed by atoms with Crippen molar-refractivity contribution in [2.24, 2.45) is 0 Å². The van der Waals surface area contributed by atoms with Crippen molar-refractivity contribution in [2.75, 3.05) is 25.1 Å². The van der Waals surface area contributed by atoms with Gasteiger partial charge in [0.1, 0.15) is 5.69 Å². The first kappa shape index (κ1) is 21.8. The zero-order chi connectivity index (χ0) is 22.2. The molecular weight excluding hydrogens is 400 g/mol. The van der Waals surface area contributed by atoms with E-state index in [9.17, 15) is 9.59 Å². The van der Waals surface area contributed by atoms with Crippen LogP contribution < -0.4 is 14.8 Å². The number of hydrogen-bond donors (Lipinski definition) is 2. The van der Waals surface area contributed by atoms with Crippen molar-refractivity contribution in [3.8, 4) is 22.8 Å². The summed E-state index contributed by atoms with van der Waals surface area (Å²) >= 11 is 0. The van der Waals surface area contributed by atoms with Crippen molar-refractivity contribution in [1.29, 1.82) is 0 Å². The van der Waals surface area contributed by atoms with Crippen molar-refractivity contribution in [3.05, 3.63) is 53.7 Å². The van der Waals surface area contributed by atoms with Crippen LogP contribution >= 0.6 is 0 Å². The number of carbonyl (C=O) groups is 2. The van der Waals surface area contributed by atoms with Crippen LogP contribution in [-0.2, 0) is 9.53 Å². The largest absolute Gasteiger partial charge is 0.490 e. The zero-order valence-corrected chi connectivity index (χ0v) is 17.6. The molecule has 0 aliphatic carbocycles. The third kappa shape index (κ3) is 5.59. The van der Waals surface area contributed by atoms with Crippen LogP contribution in [0.25, 0.3) is 11.3 Å². The van der Waals surface area contributed by atoms with Gasteiger partial charge in [-0.15, -0.1) is 5.10 Å². The molecule has 0 radical (unpaired) electrons. The number of aromatic amines is 1. The molecule has 0 atom stereocenters. The molecule has 9 nitrogen and oxygen atoms in total. The van der Waals surface area contributed by atoms with Crippen molar-refractivity contribution in [1.82, 2.24) is 15.4 Å². The van der Waals surface area contributed by atoms with Crippen molar-refractivity contribution in [3.63, 3.8) is 0 Å². The highest BCUT2D eigenvalue weighted by Crippen LogP contribution is 2.33. The summed E-state index contributed by atoms with van der Waals surface area (Å²) in [7, 11) is 0. The Bertz CT molecular complexity index is 1050. The first-order valence-corrected chi connectivity index (χ1v) is 9.86. The number of hydrogen-bond acceptors (Lipinski definition) is 7. The lowest BCUT2D eigenvalue weighted by Gasteiger charge is -2.13. The minimum absolute atomic E-state index is 0.0791. The Labute approximate surface area is 179 Å². The van der Waals surface area contributed by atoms with E-state index >= 15 is 0 Å². The van der Waals surface area contributed by atoms with Crippen molar-refractivity contribution >= 4 is 17.6 Å². The summed E-state index contributed by atoms with van der Waals surface area (Å²) in [5.74, 6) is -0.0550. The van der Waals surface area contributed by atoms with E-state index in [1.807, 2.05) is 38.1 Å². The maximum absolute atomic E-state index is 12.2. The number of nitrogens with one attached hydrogen (secondary N) is 2. The van der Waals surface area contributed by atoms with Crippen molar-refractivity contribution < 1.29 is 23.8 Å². The van der Waals surface area contributed by atoms with Crippen LogP contribution in [0.5, 0.6) is 11.5 Å². The fraction of sp³-hybridized carbons (Fsp3) is 0.273. The number of benzene rings is 2. The molecule has 0 saturated heterocycles. The lowest BCUT2D eigenvalue weighted by atomic mass is 10.1. The molecule has 31 heavy (non-hydrogen) atoms. The number of aromatic nitrogens is 3. The number of anilines is 1. The Kier molecular flexibility index (Phi) is 7.21. The van der Waals surface area contributed by atoms with Gasteiger partial charge in [-0.25, -0.2) is 4.79 Å². The Morgan fingerprint density at radius 3 is 2.45 bits per heavy atom. The standard InChI is InChI=1S/C22H24N4O5/c1-4-29-18-12-15(20-21(25-26-24-20)22(28)30-5-2)8-11-17(18)31-13-19(27)23-16-9-6-14(3)7-10-16/h6-12H,4-5,13H2,1-3H3,(H,23,27)(H,24,25,26).